The average Bonchev–Trinajstić information content (AvgIpc) is 3.23. The second-order valence-corrected chi connectivity index (χ2v) is 7.11. The van der Waals surface area contributed by atoms with E-state index in [0.29, 0.717) is 27.9 Å². The van der Waals surface area contributed by atoms with E-state index in [9.17, 15) is 9.18 Å². The molecule has 3 rings (SSSR count). The van der Waals surface area contributed by atoms with E-state index in [1.165, 1.54) is 26.3 Å². The highest BCUT2D eigenvalue weighted by Crippen LogP contribution is 2.26. The average molecular weight is 465 g/mol. The number of nitrogens with zero attached hydrogens (tertiary/aromatic N) is 3. The van der Waals surface area contributed by atoms with Gasteiger partial charge in [0.1, 0.15) is 31.9 Å². The summed E-state index contributed by atoms with van der Waals surface area (Å²) in [6, 6.07) is 11.0. The number of likely N-dealkylation sites (N-methyl/N-ethyl adjacent to an activating group) is 1. The first-order valence-electron chi connectivity index (χ1n) is 8.96. The van der Waals surface area contributed by atoms with Gasteiger partial charge in [0.05, 0.1) is 5.02 Å². The number of rotatable bonds is 9. The topological polar surface area (TPSA) is 94.9 Å². The highest BCUT2D eigenvalue weighted by molar-refractivity contribution is 7.07. The van der Waals surface area contributed by atoms with Crippen LogP contribution >= 0.6 is 23.1 Å². The molecule has 2 aromatic carbocycles. The lowest BCUT2D eigenvalue weighted by atomic mass is 10.0. The zero-order valence-corrected chi connectivity index (χ0v) is 18.2. The van der Waals surface area contributed by atoms with Crippen molar-refractivity contribution in [2.75, 3.05) is 14.2 Å². The van der Waals surface area contributed by atoms with Crippen LogP contribution in [-0.2, 0) is 22.8 Å². The van der Waals surface area contributed by atoms with Gasteiger partial charge in [0, 0.05) is 24.1 Å². The molecule has 0 saturated carbocycles. The van der Waals surface area contributed by atoms with Crippen molar-refractivity contribution in [1.82, 2.24) is 14.7 Å². The van der Waals surface area contributed by atoms with E-state index in [1.807, 2.05) is 12.1 Å². The highest BCUT2D eigenvalue weighted by atomic mass is 35.5. The Bertz CT molecular complexity index is 1090. The second-order valence-electron chi connectivity index (χ2n) is 5.99. The molecule has 0 spiro atoms. The van der Waals surface area contributed by atoms with Gasteiger partial charge >= 0.3 is 0 Å². The number of benzene rings is 2. The maximum atomic E-state index is 13.1. The van der Waals surface area contributed by atoms with Crippen LogP contribution in [-0.4, -0.2) is 35.1 Å². The molecule has 11 heteroatoms. The summed E-state index contributed by atoms with van der Waals surface area (Å²) >= 11 is 6.99. The van der Waals surface area contributed by atoms with Crippen LogP contribution in [0, 0.1) is 5.82 Å². The minimum absolute atomic E-state index is 0.0448. The summed E-state index contributed by atoms with van der Waals surface area (Å²) in [7, 11) is 2.88. The molecule has 1 N–H and O–H groups in total. The van der Waals surface area contributed by atoms with Gasteiger partial charge in [-0.1, -0.05) is 41.0 Å². The maximum Gasteiger partial charge on any atom is 0.293 e. The van der Waals surface area contributed by atoms with Gasteiger partial charge in [0.25, 0.3) is 11.1 Å². The largest absolute Gasteiger partial charge is 0.484 e. The zero-order valence-electron chi connectivity index (χ0n) is 16.6. The lowest BCUT2D eigenvalue weighted by Crippen LogP contribution is -2.29. The van der Waals surface area contributed by atoms with Crippen molar-refractivity contribution in [2.45, 2.75) is 13.2 Å². The van der Waals surface area contributed by atoms with Crippen LogP contribution in [0.2, 0.25) is 5.02 Å². The van der Waals surface area contributed by atoms with Crippen LogP contribution in [0.5, 0.6) is 10.9 Å². The van der Waals surface area contributed by atoms with E-state index in [2.05, 4.69) is 19.8 Å². The summed E-state index contributed by atoms with van der Waals surface area (Å²) in [6.07, 6.45) is 0. The van der Waals surface area contributed by atoms with Crippen molar-refractivity contribution in [3.63, 3.8) is 0 Å². The van der Waals surface area contributed by atoms with E-state index in [-0.39, 0.29) is 29.9 Å². The van der Waals surface area contributed by atoms with Crippen LogP contribution in [0.3, 0.4) is 0 Å². The quantitative estimate of drug-likeness (QED) is 0.384. The molecule has 1 amide bonds. The lowest BCUT2D eigenvalue weighted by Gasteiger charge is -2.10. The summed E-state index contributed by atoms with van der Waals surface area (Å²) in [5, 5.41) is 6.84. The van der Waals surface area contributed by atoms with E-state index < -0.39 is 5.82 Å². The fourth-order valence-electron chi connectivity index (χ4n) is 2.53. The normalized spacial score (nSPS) is 11.2. The van der Waals surface area contributed by atoms with Gasteiger partial charge in [0.2, 0.25) is 0 Å². The fourth-order valence-corrected chi connectivity index (χ4v) is 3.29. The highest BCUT2D eigenvalue weighted by Gasteiger charge is 2.18. The summed E-state index contributed by atoms with van der Waals surface area (Å²) in [5.41, 5.74) is 1.42. The first-order valence-corrected chi connectivity index (χ1v) is 10.1. The smallest absolute Gasteiger partial charge is 0.293 e. The Balaban J connectivity index is 1.66. The monoisotopic (exact) mass is 464 g/mol. The van der Waals surface area contributed by atoms with Gasteiger partial charge in [-0.3, -0.25) is 4.79 Å². The molecule has 8 nitrogen and oxygen atoms in total. The van der Waals surface area contributed by atoms with Crippen LogP contribution in [0.1, 0.15) is 17.0 Å². The number of hydrogen-bond acceptors (Lipinski definition) is 8. The minimum Gasteiger partial charge on any atom is -0.484 e. The van der Waals surface area contributed by atoms with Crippen LogP contribution < -0.4 is 14.8 Å². The van der Waals surface area contributed by atoms with Gasteiger partial charge in [-0.15, -0.1) is 0 Å². The standard InChI is InChI=1S/C20H18ClFN4O4S/c1-23-19(27)18(25-28-2)14-6-4-3-5-12(14)10-30-20-24-17(26-31-20)11-29-16-8-7-13(22)9-15(16)21/h3-9H,10-11H2,1-2H3,(H,23,27)/b25-18-. The molecule has 162 valence electrons. The molecule has 31 heavy (non-hydrogen) atoms. The second kappa shape index (κ2) is 10.7. The number of carbonyl (C=O) groups is 1. The van der Waals surface area contributed by atoms with Crippen molar-refractivity contribution in [3.05, 3.63) is 70.3 Å². The fraction of sp³-hybridized carbons (Fsp3) is 0.200. The molecule has 0 bridgehead atoms. The SMILES string of the molecule is CNC(=O)/C(=N\OC)c1ccccc1COc1nc(COc2ccc(F)cc2Cl)ns1. The first-order chi connectivity index (χ1) is 15.0. The van der Waals surface area contributed by atoms with Gasteiger partial charge in [-0.25, -0.2) is 4.39 Å². The number of aromatic nitrogens is 2. The summed E-state index contributed by atoms with van der Waals surface area (Å²) in [5.74, 6) is -0.117. The van der Waals surface area contributed by atoms with Crippen LogP contribution in [0.25, 0.3) is 0 Å². The number of amides is 1. The molecular formula is C20H18ClFN4O4S. The predicted molar refractivity (Wildman–Crippen MR) is 114 cm³/mol. The third-order valence-electron chi connectivity index (χ3n) is 3.95. The molecule has 0 fully saturated rings. The summed E-state index contributed by atoms with van der Waals surface area (Å²) < 4.78 is 28.5. The number of carbonyl (C=O) groups excluding carboxylic acids is 1. The number of ether oxygens (including phenoxy) is 2. The molecule has 0 aliphatic heterocycles. The van der Waals surface area contributed by atoms with E-state index >= 15 is 0 Å². The maximum absolute atomic E-state index is 13.1. The van der Waals surface area contributed by atoms with Gasteiger partial charge in [-0.05, 0) is 23.8 Å². The Kier molecular flexibility index (Phi) is 7.74. The van der Waals surface area contributed by atoms with E-state index in [4.69, 9.17) is 25.9 Å². The molecule has 0 aliphatic rings. The Morgan fingerprint density at radius 2 is 2.03 bits per heavy atom. The van der Waals surface area contributed by atoms with E-state index in [1.54, 1.807) is 12.1 Å². The number of halogens is 2. The third-order valence-corrected chi connectivity index (χ3v) is 4.91. The van der Waals surface area contributed by atoms with Crippen molar-refractivity contribution in [1.29, 1.82) is 0 Å². The van der Waals surface area contributed by atoms with Gasteiger partial charge < -0.3 is 19.6 Å². The van der Waals surface area contributed by atoms with Gasteiger partial charge in [0.15, 0.2) is 11.5 Å². The molecule has 1 heterocycles. The number of nitrogens with one attached hydrogen (secondary N) is 1. The predicted octanol–water partition coefficient (Wildman–Crippen LogP) is 3.59. The number of oxime groups is 1. The Morgan fingerprint density at radius 3 is 2.77 bits per heavy atom. The summed E-state index contributed by atoms with van der Waals surface area (Å²) in [6.45, 7) is 0.179. The van der Waals surface area contributed by atoms with Crippen molar-refractivity contribution in [3.8, 4) is 10.9 Å². The van der Waals surface area contributed by atoms with Crippen molar-refractivity contribution < 1.29 is 23.5 Å². The Hall–Kier alpha value is -3.24. The molecular weight excluding hydrogens is 447 g/mol. The first kappa shape index (κ1) is 22.4. The molecule has 0 radical (unpaired) electrons. The third kappa shape index (κ3) is 5.89. The van der Waals surface area contributed by atoms with Crippen LogP contribution in [0.15, 0.2) is 47.6 Å². The molecule has 0 unspecified atom stereocenters. The van der Waals surface area contributed by atoms with Crippen LogP contribution in [0.4, 0.5) is 4.39 Å². The Labute approximate surface area is 186 Å². The molecule has 0 saturated heterocycles. The zero-order chi connectivity index (χ0) is 22.2. The molecule has 3 aromatic rings. The summed E-state index contributed by atoms with van der Waals surface area (Å²) in [4.78, 5) is 21.2. The number of hydrogen-bond donors (Lipinski definition) is 1. The molecule has 0 atom stereocenters. The Morgan fingerprint density at radius 1 is 1.23 bits per heavy atom. The lowest BCUT2D eigenvalue weighted by molar-refractivity contribution is -0.114. The van der Waals surface area contributed by atoms with Crippen molar-refractivity contribution in [2.24, 2.45) is 5.16 Å². The molecule has 1 aromatic heterocycles. The van der Waals surface area contributed by atoms with Gasteiger partial charge in [-0.2, -0.15) is 9.36 Å². The van der Waals surface area contributed by atoms with E-state index in [0.717, 1.165) is 17.6 Å². The molecule has 0 aliphatic carbocycles. The van der Waals surface area contributed by atoms with Crippen molar-refractivity contribution >= 4 is 34.8 Å². The minimum atomic E-state index is -0.449.